The summed E-state index contributed by atoms with van der Waals surface area (Å²) in [5, 5.41) is 0. The van der Waals surface area contributed by atoms with Gasteiger partial charge in [-0.1, -0.05) is 31.0 Å². The fourth-order valence-electron chi connectivity index (χ4n) is 5.57. The Kier molecular flexibility index (Phi) is 6.04. The quantitative estimate of drug-likeness (QED) is 0.696. The number of nitrogens with zero attached hydrogens (tertiary/aromatic N) is 4. The number of likely N-dealkylation sites (tertiary alicyclic amines) is 1. The van der Waals surface area contributed by atoms with Gasteiger partial charge in [-0.25, -0.2) is 9.97 Å². The Labute approximate surface area is 195 Å². The molecule has 1 unspecified atom stereocenters. The molecule has 2 aromatic rings. The Morgan fingerprint density at radius 2 is 1.91 bits per heavy atom. The number of benzene rings is 1. The van der Waals surface area contributed by atoms with Crippen molar-refractivity contribution in [2.24, 2.45) is 5.92 Å². The number of aryl methyl sites for hydroxylation is 1. The number of anilines is 1. The van der Waals surface area contributed by atoms with Gasteiger partial charge in [-0.05, 0) is 38.7 Å². The molecule has 3 heterocycles. The lowest BCUT2D eigenvalue weighted by Gasteiger charge is -2.34. The molecule has 2 aliphatic heterocycles. The van der Waals surface area contributed by atoms with Gasteiger partial charge in [-0.2, -0.15) is 0 Å². The second kappa shape index (κ2) is 9.12. The van der Waals surface area contributed by atoms with Gasteiger partial charge in [-0.15, -0.1) is 0 Å². The monoisotopic (exact) mass is 448 g/mol. The second-order valence-corrected chi connectivity index (χ2v) is 9.54. The van der Waals surface area contributed by atoms with Crippen LogP contribution in [-0.4, -0.2) is 46.9 Å². The Morgan fingerprint density at radius 3 is 2.70 bits per heavy atom. The summed E-state index contributed by atoms with van der Waals surface area (Å²) in [5.74, 6) is 2.88. The van der Waals surface area contributed by atoms with Gasteiger partial charge >= 0.3 is 0 Å². The maximum absolute atomic E-state index is 13.0. The first-order valence-corrected chi connectivity index (χ1v) is 12.1. The summed E-state index contributed by atoms with van der Waals surface area (Å²) in [4.78, 5) is 39.5. The van der Waals surface area contributed by atoms with Crippen LogP contribution in [0, 0.1) is 12.8 Å². The van der Waals surface area contributed by atoms with Gasteiger partial charge in [0.25, 0.3) is 0 Å². The van der Waals surface area contributed by atoms with Gasteiger partial charge < -0.3 is 9.64 Å². The fraction of sp³-hybridized carbons (Fsp3) is 0.538. The number of ether oxygens (including phenoxy) is 1. The number of hydrogen-bond donors (Lipinski definition) is 0. The van der Waals surface area contributed by atoms with Gasteiger partial charge in [0.2, 0.25) is 11.8 Å². The Bertz CT molecular complexity index is 1060. The number of para-hydroxylation sites is 1. The number of carbonyl (C=O) groups excluding carboxylic acids is 2. The summed E-state index contributed by atoms with van der Waals surface area (Å²) in [7, 11) is 1.64. The minimum atomic E-state index is 0.0344. The van der Waals surface area contributed by atoms with Crippen LogP contribution in [0.1, 0.15) is 67.1 Å². The second-order valence-electron chi connectivity index (χ2n) is 9.54. The third kappa shape index (κ3) is 4.21. The lowest BCUT2D eigenvalue weighted by atomic mass is 9.95. The molecule has 0 bridgehead atoms. The third-order valence-corrected chi connectivity index (χ3v) is 7.42. The zero-order valence-electron chi connectivity index (χ0n) is 19.5. The molecule has 5 rings (SSSR count). The highest BCUT2D eigenvalue weighted by Gasteiger charge is 2.35. The Balaban J connectivity index is 1.40. The van der Waals surface area contributed by atoms with E-state index in [9.17, 15) is 9.59 Å². The predicted octanol–water partition coefficient (Wildman–Crippen LogP) is 3.78. The van der Waals surface area contributed by atoms with E-state index >= 15 is 0 Å². The smallest absolute Gasteiger partial charge is 0.233 e. The summed E-state index contributed by atoms with van der Waals surface area (Å²) < 4.78 is 5.49. The molecule has 1 aliphatic carbocycles. The SMILES string of the molecule is COc1ccccc1CN1C(=O)Cc2c(C)nc(C3CCCN(C(=O)C4CCCC4)C3)nc21. The minimum absolute atomic E-state index is 0.0344. The molecule has 2 fully saturated rings. The van der Waals surface area contributed by atoms with Crippen LogP contribution < -0.4 is 9.64 Å². The molecule has 1 aromatic heterocycles. The number of hydrogen-bond acceptors (Lipinski definition) is 5. The first-order chi connectivity index (χ1) is 16.0. The van der Waals surface area contributed by atoms with Crippen molar-refractivity contribution in [3.8, 4) is 5.75 Å². The van der Waals surface area contributed by atoms with E-state index in [1.54, 1.807) is 12.0 Å². The van der Waals surface area contributed by atoms with Crippen molar-refractivity contribution in [3.63, 3.8) is 0 Å². The zero-order valence-corrected chi connectivity index (χ0v) is 19.5. The Hall–Kier alpha value is -2.96. The molecular formula is C26H32N4O3. The molecule has 174 valence electrons. The first kappa shape index (κ1) is 21.9. The maximum Gasteiger partial charge on any atom is 0.233 e. The third-order valence-electron chi connectivity index (χ3n) is 7.42. The van der Waals surface area contributed by atoms with E-state index in [1.807, 2.05) is 36.1 Å². The average molecular weight is 449 g/mol. The topological polar surface area (TPSA) is 75.6 Å². The summed E-state index contributed by atoms with van der Waals surface area (Å²) in [6, 6.07) is 7.76. The molecule has 7 nitrogen and oxygen atoms in total. The molecule has 1 aromatic carbocycles. The normalized spacial score (nSPS) is 20.9. The van der Waals surface area contributed by atoms with Crippen molar-refractivity contribution < 1.29 is 14.3 Å². The standard InChI is InChI=1S/C26H32N4O3/c1-17-21-14-23(31)30(16-19-10-5-6-12-22(19)33-2)25(21)28-24(27-17)20-11-7-13-29(15-20)26(32)18-8-3-4-9-18/h5-6,10,12,18,20H,3-4,7-9,11,13-16H2,1-2H3. The molecule has 3 aliphatic rings. The highest BCUT2D eigenvalue weighted by Crippen LogP contribution is 2.35. The van der Waals surface area contributed by atoms with Gasteiger partial charge in [0.15, 0.2) is 0 Å². The first-order valence-electron chi connectivity index (χ1n) is 12.1. The van der Waals surface area contributed by atoms with Crippen LogP contribution in [0.5, 0.6) is 5.75 Å². The van der Waals surface area contributed by atoms with Crippen LogP contribution in [0.4, 0.5) is 5.82 Å². The van der Waals surface area contributed by atoms with Gasteiger partial charge in [-0.3, -0.25) is 14.5 Å². The number of fused-ring (bicyclic) bond motifs is 1. The van der Waals surface area contributed by atoms with Gasteiger partial charge in [0.05, 0.1) is 20.1 Å². The number of aromatic nitrogens is 2. The van der Waals surface area contributed by atoms with Gasteiger partial charge in [0, 0.05) is 41.7 Å². The van der Waals surface area contributed by atoms with E-state index < -0.39 is 0 Å². The minimum Gasteiger partial charge on any atom is -0.496 e. The summed E-state index contributed by atoms with van der Waals surface area (Å²) in [6.07, 6.45) is 6.63. The van der Waals surface area contributed by atoms with E-state index in [0.29, 0.717) is 31.2 Å². The molecule has 7 heteroatoms. The van der Waals surface area contributed by atoms with Crippen LogP contribution in [0.15, 0.2) is 24.3 Å². The van der Waals surface area contributed by atoms with Crippen LogP contribution in [0.25, 0.3) is 0 Å². The summed E-state index contributed by atoms with van der Waals surface area (Å²) in [5.41, 5.74) is 2.73. The highest BCUT2D eigenvalue weighted by atomic mass is 16.5. The molecule has 1 atom stereocenters. The molecule has 0 spiro atoms. The van der Waals surface area contributed by atoms with Crippen molar-refractivity contribution in [1.82, 2.24) is 14.9 Å². The molecule has 1 saturated heterocycles. The van der Waals surface area contributed by atoms with Crippen LogP contribution in [0.2, 0.25) is 0 Å². The lowest BCUT2D eigenvalue weighted by Crippen LogP contribution is -2.42. The molecule has 0 N–H and O–H groups in total. The fourth-order valence-corrected chi connectivity index (χ4v) is 5.57. The summed E-state index contributed by atoms with van der Waals surface area (Å²) >= 11 is 0. The van der Waals surface area contributed by atoms with E-state index in [1.165, 1.54) is 0 Å². The summed E-state index contributed by atoms with van der Waals surface area (Å²) in [6.45, 7) is 3.89. The van der Waals surface area contributed by atoms with Crippen molar-refractivity contribution in [2.75, 3.05) is 25.1 Å². The molecule has 2 amide bonds. The number of amides is 2. The molecule has 0 radical (unpaired) electrons. The van der Waals surface area contributed by atoms with Crippen LogP contribution in [0.3, 0.4) is 0 Å². The predicted molar refractivity (Wildman–Crippen MR) is 125 cm³/mol. The van der Waals surface area contributed by atoms with Gasteiger partial charge in [0.1, 0.15) is 17.4 Å². The van der Waals surface area contributed by atoms with Crippen molar-refractivity contribution in [1.29, 1.82) is 0 Å². The van der Waals surface area contributed by atoms with E-state index in [-0.39, 0.29) is 17.7 Å². The van der Waals surface area contributed by atoms with Crippen molar-refractivity contribution in [3.05, 3.63) is 46.9 Å². The van der Waals surface area contributed by atoms with Crippen LogP contribution in [-0.2, 0) is 22.6 Å². The number of methoxy groups -OCH3 is 1. The van der Waals surface area contributed by atoms with E-state index in [2.05, 4.69) is 0 Å². The largest absolute Gasteiger partial charge is 0.496 e. The molecule has 33 heavy (non-hydrogen) atoms. The van der Waals surface area contributed by atoms with E-state index in [0.717, 1.165) is 73.5 Å². The number of rotatable bonds is 5. The molecular weight excluding hydrogens is 416 g/mol. The Morgan fingerprint density at radius 1 is 1.12 bits per heavy atom. The van der Waals surface area contributed by atoms with E-state index in [4.69, 9.17) is 14.7 Å². The van der Waals surface area contributed by atoms with Crippen molar-refractivity contribution in [2.45, 2.75) is 64.3 Å². The highest BCUT2D eigenvalue weighted by molar-refractivity contribution is 6.00. The number of piperidine rings is 1. The zero-order chi connectivity index (χ0) is 22.9. The number of carbonyl (C=O) groups is 2. The van der Waals surface area contributed by atoms with Crippen molar-refractivity contribution >= 4 is 17.6 Å². The average Bonchev–Trinajstić information content (AvgIpc) is 3.48. The maximum atomic E-state index is 13.0. The lowest BCUT2D eigenvalue weighted by molar-refractivity contribution is -0.136. The van der Waals surface area contributed by atoms with Crippen LogP contribution >= 0.6 is 0 Å². The molecule has 1 saturated carbocycles.